The fourth-order valence-electron chi connectivity index (χ4n) is 9.72. The standard InChI is InChI=1S/C30H47IO6/c1-17(8-7-13-31)23-9-10-24-28-25(16-27(30(23,24)6)37-20(4)34)29(5)12-11-22(35-18(2)32)14-21(29)15-26(28)36-19(3)33/h17,21-28H,7-16H2,1-6H3/t17-,21+,22-,23-,24+,25+,26-,27+,28+,29+,30-/m1/s1. The zero-order valence-electron chi connectivity index (χ0n) is 23.6. The molecule has 0 aliphatic heterocycles. The number of carbonyl (C=O) groups excluding carboxylic acids is 3. The van der Waals surface area contributed by atoms with Crippen LogP contribution in [0.25, 0.3) is 0 Å². The summed E-state index contributed by atoms with van der Waals surface area (Å²) in [6.45, 7) is 11.7. The van der Waals surface area contributed by atoms with Crippen LogP contribution >= 0.6 is 22.6 Å². The van der Waals surface area contributed by atoms with Crippen molar-refractivity contribution < 1.29 is 28.6 Å². The highest BCUT2D eigenvalue weighted by atomic mass is 127. The van der Waals surface area contributed by atoms with Crippen molar-refractivity contribution in [3.63, 3.8) is 0 Å². The maximum absolute atomic E-state index is 12.4. The molecule has 4 saturated carbocycles. The van der Waals surface area contributed by atoms with Crippen LogP contribution in [0.15, 0.2) is 0 Å². The van der Waals surface area contributed by atoms with Crippen LogP contribution in [-0.2, 0) is 28.6 Å². The number of ether oxygens (including phenoxy) is 3. The number of carbonyl (C=O) groups is 3. The Morgan fingerprint density at radius 1 is 0.892 bits per heavy atom. The van der Waals surface area contributed by atoms with Crippen molar-refractivity contribution in [3.05, 3.63) is 0 Å². The summed E-state index contributed by atoms with van der Waals surface area (Å²) in [7, 11) is 0. The van der Waals surface area contributed by atoms with Crippen molar-refractivity contribution >= 4 is 40.5 Å². The van der Waals surface area contributed by atoms with Crippen molar-refractivity contribution in [2.45, 2.75) is 118 Å². The normalized spacial score (nSPS) is 43.5. The molecule has 4 fully saturated rings. The van der Waals surface area contributed by atoms with Crippen LogP contribution in [0.3, 0.4) is 0 Å². The van der Waals surface area contributed by atoms with Gasteiger partial charge in [0.1, 0.15) is 18.3 Å². The van der Waals surface area contributed by atoms with Gasteiger partial charge in [0.05, 0.1) is 0 Å². The van der Waals surface area contributed by atoms with Gasteiger partial charge in [-0.3, -0.25) is 14.4 Å². The topological polar surface area (TPSA) is 78.9 Å². The molecule has 4 aliphatic rings. The van der Waals surface area contributed by atoms with Crippen molar-refractivity contribution in [2.24, 2.45) is 46.3 Å². The summed E-state index contributed by atoms with van der Waals surface area (Å²) in [5, 5.41) is 0. The molecule has 0 aromatic carbocycles. The maximum Gasteiger partial charge on any atom is 0.302 e. The van der Waals surface area contributed by atoms with E-state index < -0.39 is 0 Å². The molecule has 37 heavy (non-hydrogen) atoms. The fourth-order valence-corrected chi connectivity index (χ4v) is 10.2. The Morgan fingerprint density at radius 2 is 1.57 bits per heavy atom. The molecule has 4 rings (SSSR count). The molecular formula is C30H47IO6. The van der Waals surface area contributed by atoms with Gasteiger partial charge < -0.3 is 14.2 Å². The van der Waals surface area contributed by atoms with Gasteiger partial charge in [-0.05, 0) is 97.2 Å². The smallest absolute Gasteiger partial charge is 0.302 e. The second kappa shape index (κ2) is 11.3. The van der Waals surface area contributed by atoms with Crippen LogP contribution in [0, 0.1) is 46.3 Å². The molecule has 0 saturated heterocycles. The fraction of sp³-hybridized carbons (Fsp3) is 0.900. The van der Waals surface area contributed by atoms with Gasteiger partial charge in [0, 0.05) is 32.1 Å². The summed E-state index contributed by atoms with van der Waals surface area (Å²) >= 11 is 2.46. The summed E-state index contributed by atoms with van der Waals surface area (Å²) in [5.41, 5.74) is -0.0727. The minimum atomic E-state index is -0.226. The van der Waals surface area contributed by atoms with Gasteiger partial charge >= 0.3 is 17.9 Å². The Labute approximate surface area is 236 Å². The molecule has 0 spiro atoms. The highest BCUT2D eigenvalue weighted by Crippen LogP contribution is 2.69. The van der Waals surface area contributed by atoms with Crippen LogP contribution in [0.5, 0.6) is 0 Å². The molecular weight excluding hydrogens is 583 g/mol. The Kier molecular flexibility index (Phi) is 8.92. The van der Waals surface area contributed by atoms with Gasteiger partial charge in [-0.2, -0.15) is 0 Å². The Bertz CT molecular complexity index is 876. The summed E-state index contributed by atoms with van der Waals surface area (Å²) < 4.78 is 19.2. The van der Waals surface area contributed by atoms with E-state index in [1.165, 1.54) is 26.7 Å². The molecule has 4 aliphatic carbocycles. The summed E-state index contributed by atoms with van der Waals surface area (Å²) in [5.74, 6) is 1.67. The van der Waals surface area contributed by atoms with Crippen molar-refractivity contribution in [1.82, 2.24) is 0 Å². The summed E-state index contributed by atoms with van der Waals surface area (Å²) in [4.78, 5) is 36.5. The SMILES string of the molecule is CC(=O)O[C@@H]1CC[C@@]2(C)[C@@H](C1)C[C@@H](OC(C)=O)[C@@H]1[C@@H]2C[C@H](OC(C)=O)[C@]2(C)[C@@H]([C@H](C)CCCI)CC[C@@H]12. The average molecular weight is 631 g/mol. The van der Waals surface area contributed by atoms with E-state index in [0.717, 1.165) is 49.4 Å². The van der Waals surface area contributed by atoms with Gasteiger partial charge in [-0.25, -0.2) is 0 Å². The van der Waals surface area contributed by atoms with Gasteiger partial charge in [0.25, 0.3) is 0 Å². The number of halogens is 1. The molecule has 0 N–H and O–H groups in total. The molecule has 0 radical (unpaired) electrons. The lowest BCUT2D eigenvalue weighted by molar-refractivity contribution is -0.224. The van der Waals surface area contributed by atoms with E-state index in [9.17, 15) is 14.4 Å². The predicted octanol–water partition coefficient (Wildman–Crippen LogP) is 6.51. The highest BCUT2D eigenvalue weighted by molar-refractivity contribution is 14.1. The monoisotopic (exact) mass is 630 g/mol. The molecule has 0 heterocycles. The Morgan fingerprint density at radius 3 is 2.19 bits per heavy atom. The van der Waals surface area contributed by atoms with E-state index in [-0.39, 0.29) is 53.0 Å². The van der Waals surface area contributed by atoms with E-state index in [2.05, 4.69) is 43.4 Å². The zero-order chi connectivity index (χ0) is 27.1. The lowest BCUT2D eigenvalue weighted by Gasteiger charge is -2.64. The Hall–Kier alpha value is -0.860. The second-order valence-corrected chi connectivity index (χ2v) is 14.2. The third kappa shape index (κ3) is 5.45. The van der Waals surface area contributed by atoms with E-state index in [0.29, 0.717) is 29.6 Å². The first-order valence-corrected chi connectivity index (χ1v) is 16.0. The first-order valence-electron chi connectivity index (χ1n) is 14.5. The zero-order valence-corrected chi connectivity index (χ0v) is 25.8. The van der Waals surface area contributed by atoms with Crippen LogP contribution in [0.2, 0.25) is 0 Å². The summed E-state index contributed by atoms with van der Waals surface area (Å²) in [6.07, 6.45) is 8.64. The van der Waals surface area contributed by atoms with Crippen molar-refractivity contribution in [3.8, 4) is 0 Å². The minimum absolute atomic E-state index is 0.0443. The average Bonchev–Trinajstić information content (AvgIpc) is 3.16. The molecule has 11 atom stereocenters. The molecule has 0 amide bonds. The molecule has 210 valence electrons. The first-order chi connectivity index (χ1) is 17.4. The second-order valence-electron chi connectivity index (χ2n) is 13.1. The van der Waals surface area contributed by atoms with Crippen LogP contribution in [-0.4, -0.2) is 40.6 Å². The summed E-state index contributed by atoms with van der Waals surface area (Å²) in [6, 6.07) is 0. The molecule has 6 nitrogen and oxygen atoms in total. The molecule has 0 aromatic heterocycles. The number of hydrogen-bond acceptors (Lipinski definition) is 6. The van der Waals surface area contributed by atoms with Gasteiger partial charge in [0.15, 0.2) is 0 Å². The van der Waals surface area contributed by atoms with Crippen LogP contribution < -0.4 is 0 Å². The van der Waals surface area contributed by atoms with E-state index in [4.69, 9.17) is 14.2 Å². The number of alkyl halides is 1. The van der Waals surface area contributed by atoms with E-state index in [1.807, 2.05) is 0 Å². The number of fused-ring (bicyclic) bond motifs is 5. The van der Waals surface area contributed by atoms with Crippen molar-refractivity contribution in [2.75, 3.05) is 4.43 Å². The van der Waals surface area contributed by atoms with E-state index in [1.54, 1.807) is 6.92 Å². The lowest BCUT2D eigenvalue weighted by Crippen LogP contribution is -2.63. The molecule has 0 aromatic rings. The van der Waals surface area contributed by atoms with Gasteiger partial charge in [-0.15, -0.1) is 0 Å². The molecule has 0 bridgehead atoms. The Balaban J connectivity index is 1.72. The van der Waals surface area contributed by atoms with E-state index >= 15 is 0 Å². The van der Waals surface area contributed by atoms with Gasteiger partial charge in [0.2, 0.25) is 0 Å². The lowest BCUT2D eigenvalue weighted by atomic mass is 9.43. The minimum Gasteiger partial charge on any atom is -0.463 e. The quantitative estimate of drug-likeness (QED) is 0.138. The third-order valence-electron chi connectivity index (χ3n) is 11.2. The third-order valence-corrected chi connectivity index (χ3v) is 12.0. The molecule has 7 heteroatoms. The number of rotatable bonds is 7. The highest BCUT2D eigenvalue weighted by Gasteiger charge is 2.67. The number of esters is 3. The number of hydrogen-bond donors (Lipinski definition) is 0. The van der Waals surface area contributed by atoms with Crippen LogP contribution in [0.4, 0.5) is 0 Å². The first kappa shape index (κ1) is 29.1. The van der Waals surface area contributed by atoms with Gasteiger partial charge in [-0.1, -0.05) is 43.4 Å². The molecule has 0 unspecified atom stereocenters. The largest absolute Gasteiger partial charge is 0.463 e. The predicted molar refractivity (Wildman–Crippen MR) is 150 cm³/mol. The van der Waals surface area contributed by atoms with Crippen molar-refractivity contribution in [1.29, 1.82) is 0 Å². The van der Waals surface area contributed by atoms with Crippen LogP contribution in [0.1, 0.15) is 99.3 Å². The maximum atomic E-state index is 12.4.